The monoisotopic (exact) mass is 367 g/mol. The standard InChI is InChI=1S/C21H25N3O3/c1-3-16(25)11-6-4-5-7-13-19-23-24-21(27-19)17-14-15-10-8-9-12-18(15)22-20(17)26-2/h8-10,12,14H,3-7,11,13H2,1-2H3. The minimum Gasteiger partial charge on any atom is -0.480 e. The molecule has 3 rings (SSSR count). The smallest absolute Gasteiger partial charge is 0.253 e. The number of ether oxygens (including phenoxy) is 1. The van der Waals surface area contributed by atoms with Crippen LogP contribution in [-0.4, -0.2) is 28.1 Å². The largest absolute Gasteiger partial charge is 0.480 e. The van der Waals surface area contributed by atoms with Crippen LogP contribution in [-0.2, 0) is 11.2 Å². The molecule has 3 aromatic rings. The maximum Gasteiger partial charge on any atom is 0.253 e. The van der Waals surface area contributed by atoms with E-state index in [-0.39, 0.29) is 0 Å². The highest BCUT2D eigenvalue weighted by Gasteiger charge is 2.16. The molecule has 27 heavy (non-hydrogen) atoms. The molecule has 0 N–H and O–H groups in total. The molecule has 142 valence electrons. The van der Waals surface area contributed by atoms with Gasteiger partial charge in [-0.15, -0.1) is 10.2 Å². The highest BCUT2D eigenvalue weighted by atomic mass is 16.5. The van der Waals surface area contributed by atoms with Gasteiger partial charge in [0, 0.05) is 24.6 Å². The van der Waals surface area contributed by atoms with Crippen molar-refractivity contribution in [3.8, 4) is 17.3 Å². The number of methoxy groups -OCH3 is 1. The minimum absolute atomic E-state index is 0.342. The van der Waals surface area contributed by atoms with Crippen LogP contribution >= 0.6 is 0 Å². The number of hydrogen-bond donors (Lipinski definition) is 0. The van der Waals surface area contributed by atoms with Crippen molar-refractivity contribution in [3.63, 3.8) is 0 Å². The maximum absolute atomic E-state index is 11.3. The Morgan fingerprint density at radius 1 is 1.11 bits per heavy atom. The summed E-state index contributed by atoms with van der Waals surface area (Å²) in [6.45, 7) is 1.91. The molecule has 0 atom stereocenters. The van der Waals surface area contributed by atoms with Crippen molar-refractivity contribution in [2.24, 2.45) is 0 Å². The molecule has 0 unspecified atom stereocenters. The third-order valence-electron chi connectivity index (χ3n) is 4.57. The number of benzene rings is 1. The molecule has 6 nitrogen and oxygen atoms in total. The lowest BCUT2D eigenvalue weighted by molar-refractivity contribution is -0.118. The summed E-state index contributed by atoms with van der Waals surface area (Å²) in [5.41, 5.74) is 1.56. The zero-order valence-electron chi connectivity index (χ0n) is 15.9. The Labute approximate surface area is 159 Å². The van der Waals surface area contributed by atoms with Crippen molar-refractivity contribution < 1.29 is 13.9 Å². The molecule has 0 spiro atoms. The van der Waals surface area contributed by atoms with E-state index in [0.717, 1.165) is 43.0 Å². The number of aromatic nitrogens is 3. The van der Waals surface area contributed by atoms with Crippen LogP contribution in [0.5, 0.6) is 5.88 Å². The van der Waals surface area contributed by atoms with E-state index in [1.807, 2.05) is 37.3 Å². The van der Waals surface area contributed by atoms with Gasteiger partial charge in [-0.3, -0.25) is 4.79 Å². The maximum atomic E-state index is 11.3. The zero-order valence-corrected chi connectivity index (χ0v) is 15.9. The summed E-state index contributed by atoms with van der Waals surface area (Å²) in [5, 5.41) is 9.32. The topological polar surface area (TPSA) is 78.1 Å². The molecule has 0 aliphatic rings. The molecular weight excluding hydrogens is 342 g/mol. The summed E-state index contributed by atoms with van der Waals surface area (Å²) in [7, 11) is 1.58. The van der Waals surface area contributed by atoms with Crippen molar-refractivity contribution in [3.05, 3.63) is 36.2 Å². The van der Waals surface area contributed by atoms with Crippen LogP contribution in [0.3, 0.4) is 0 Å². The average molecular weight is 367 g/mol. The quantitative estimate of drug-likeness (QED) is 0.481. The second-order valence-corrected chi connectivity index (χ2v) is 6.55. The molecule has 0 radical (unpaired) electrons. The Hall–Kier alpha value is -2.76. The number of hydrogen-bond acceptors (Lipinski definition) is 6. The van der Waals surface area contributed by atoms with Gasteiger partial charge in [-0.25, -0.2) is 4.98 Å². The second-order valence-electron chi connectivity index (χ2n) is 6.55. The Bertz CT molecular complexity index is 905. The van der Waals surface area contributed by atoms with Crippen molar-refractivity contribution >= 4 is 16.7 Å². The van der Waals surface area contributed by atoms with Crippen LogP contribution in [0.1, 0.15) is 51.3 Å². The zero-order chi connectivity index (χ0) is 19.1. The van der Waals surface area contributed by atoms with Crippen LogP contribution in [0.2, 0.25) is 0 Å². The SMILES string of the molecule is CCC(=O)CCCCCCc1nnc(-c2cc3ccccc3nc2OC)o1. The van der Waals surface area contributed by atoms with Crippen molar-refractivity contribution in [2.45, 2.75) is 51.9 Å². The highest BCUT2D eigenvalue weighted by Crippen LogP contribution is 2.30. The van der Waals surface area contributed by atoms with Crippen LogP contribution in [0.15, 0.2) is 34.7 Å². The number of rotatable bonds is 10. The van der Waals surface area contributed by atoms with Gasteiger partial charge in [0.05, 0.1) is 12.6 Å². The molecule has 0 fully saturated rings. The van der Waals surface area contributed by atoms with Gasteiger partial charge in [0.15, 0.2) is 0 Å². The molecule has 2 aromatic heterocycles. The lowest BCUT2D eigenvalue weighted by atomic mass is 10.1. The normalized spacial score (nSPS) is 11.0. The summed E-state index contributed by atoms with van der Waals surface area (Å²) >= 11 is 0. The third-order valence-corrected chi connectivity index (χ3v) is 4.57. The van der Waals surface area contributed by atoms with E-state index < -0.39 is 0 Å². The van der Waals surface area contributed by atoms with Gasteiger partial charge in [-0.2, -0.15) is 0 Å². The lowest BCUT2D eigenvalue weighted by Gasteiger charge is -2.06. The van der Waals surface area contributed by atoms with Gasteiger partial charge in [0.25, 0.3) is 5.89 Å². The predicted octanol–water partition coefficient (Wildman–Crippen LogP) is 4.77. The van der Waals surface area contributed by atoms with Crippen LogP contribution in [0.4, 0.5) is 0 Å². The molecule has 0 saturated heterocycles. The van der Waals surface area contributed by atoms with Gasteiger partial charge in [-0.1, -0.05) is 38.0 Å². The number of fused-ring (bicyclic) bond motifs is 1. The van der Waals surface area contributed by atoms with E-state index in [2.05, 4.69) is 15.2 Å². The first-order valence-corrected chi connectivity index (χ1v) is 9.49. The number of carbonyl (C=O) groups excluding carboxylic acids is 1. The van der Waals surface area contributed by atoms with E-state index in [4.69, 9.17) is 9.15 Å². The Morgan fingerprint density at radius 3 is 2.74 bits per heavy atom. The fraction of sp³-hybridized carbons (Fsp3) is 0.429. The van der Waals surface area contributed by atoms with Crippen molar-refractivity contribution in [1.29, 1.82) is 0 Å². The predicted molar refractivity (Wildman–Crippen MR) is 104 cm³/mol. The average Bonchev–Trinajstić information content (AvgIpc) is 3.18. The van der Waals surface area contributed by atoms with Crippen LogP contribution in [0.25, 0.3) is 22.4 Å². The van der Waals surface area contributed by atoms with Crippen LogP contribution < -0.4 is 4.74 Å². The highest BCUT2D eigenvalue weighted by molar-refractivity contribution is 5.84. The lowest BCUT2D eigenvalue weighted by Crippen LogP contribution is -1.94. The fourth-order valence-electron chi connectivity index (χ4n) is 3.00. The fourth-order valence-corrected chi connectivity index (χ4v) is 3.00. The molecular formula is C21H25N3O3. The van der Waals surface area contributed by atoms with E-state index in [1.165, 1.54) is 0 Å². The summed E-state index contributed by atoms with van der Waals surface area (Å²) < 4.78 is 11.2. The number of pyridine rings is 1. The van der Waals surface area contributed by atoms with E-state index >= 15 is 0 Å². The Kier molecular flexibility index (Phi) is 6.52. The first-order chi connectivity index (χ1) is 13.2. The number of ketones is 1. The molecule has 0 bridgehead atoms. The van der Waals surface area contributed by atoms with Crippen LogP contribution in [0, 0.1) is 0 Å². The van der Waals surface area contributed by atoms with Crippen molar-refractivity contribution in [2.75, 3.05) is 7.11 Å². The van der Waals surface area contributed by atoms with E-state index in [9.17, 15) is 4.79 Å². The summed E-state index contributed by atoms with van der Waals surface area (Å²) in [4.78, 5) is 15.8. The molecule has 1 aromatic carbocycles. The minimum atomic E-state index is 0.342. The molecule has 0 amide bonds. The number of aryl methyl sites for hydroxylation is 1. The first kappa shape index (κ1) is 19.0. The molecule has 0 aliphatic carbocycles. The van der Waals surface area contributed by atoms with Gasteiger partial charge < -0.3 is 9.15 Å². The molecule has 0 saturated carbocycles. The number of nitrogens with zero attached hydrogens (tertiary/aromatic N) is 3. The Morgan fingerprint density at radius 2 is 1.93 bits per heavy atom. The molecule has 2 heterocycles. The summed E-state index contributed by atoms with van der Waals surface area (Å²) in [5.74, 6) is 1.86. The molecule has 0 aliphatic heterocycles. The van der Waals surface area contributed by atoms with Gasteiger partial charge in [-0.05, 0) is 25.0 Å². The van der Waals surface area contributed by atoms with Gasteiger partial charge >= 0.3 is 0 Å². The first-order valence-electron chi connectivity index (χ1n) is 9.49. The Balaban J connectivity index is 1.60. The van der Waals surface area contributed by atoms with E-state index in [1.54, 1.807) is 7.11 Å². The summed E-state index contributed by atoms with van der Waals surface area (Å²) in [6.07, 6.45) is 6.09. The van der Waals surface area contributed by atoms with Gasteiger partial charge in [0.2, 0.25) is 11.8 Å². The number of unbranched alkanes of at least 4 members (excludes halogenated alkanes) is 3. The molecule has 6 heteroatoms. The van der Waals surface area contributed by atoms with Crippen molar-refractivity contribution in [1.82, 2.24) is 15.2 Å². The number of Topliss-reactive ketones (excluding diaryl/α,β-unsaturated/α-hetero) is 1. The third kappa shape index (κ3) is 4.90. The number of para-hydroxylation sites is 1. The number of carbonyl (C=O) groups is 1. The van der Waals surface area contributed by atoms with E-state index in [0.29, 0.717) is 41.8 Å². The summed E-state index contributed by atoms with van der Waals surface area (Å²) in [6, 6.07) is 9.80. The second kappa shape index (κ2) is 9.26. The van der Waals surface area contributed by atoms with Gasteiger partial charge in [0.1, 0.15) is 11.3 Å².